The maximum Gasteiger partial charge on any atom is 0.226 e. The van der Waals surface area contributed by atoms with E-state index in [4.69, 9.17) is 0 Å². The number of aromatic nitrogens is 1. The number of amides is 1. The first kappa shape index (κ1) is 13.0. The van der Waals surface area contributed by atoms with Crippen molar-refractivity contribution in [2.45, 2.75) is 38.6 Å². The van der Waals surface area contributed by atoms with Crippen LogP contribution in [0.1, 0.15) is 30.5 Å². The number of rotatable bonds is 5. The second-order valence-electron chi connectivity index (χ2n) is 4.88. The summed E-state index contributed by atoms with van der Waals surface area (Å²) in [4.78, 5) is 16.0. The molecule has 1 aliphatic rings. The molecule has 1 atom stereocenters. The van der Waals surface area contributed by atoms with E-state index < -0.39 is 0 Å². The van der Waals surface area contributed by atoms with Gasteiger partial charge in [0.25, 0.3) is 0 Å². The monoisotopic (exact) mass is 247 g/mol. The molecule has 1 saturated heterocycles. The van der Waals surface area contributed by atoms with E-state index in [9.17, 15) is 4.79 Å². The van der Waals surface area contributed by atoms with Crippen LogP contribution in [0.2, 0.25) is 0 Å². The zero-order valence-electron chi connectivity index (χ0n) is 10.9. The maximum absolute atomic E-state index is 11.8. The number of carbonyl (C=O) groups is 1. The molecule has 1 aromatic heterocycles. The highest BCUT2D eigenvalue weighted by Gasteiger charge is 2.13. The van der Waals surface area contributed by atoms with Crippen molar-refractivity contribution in [1.29, 1.82) is 0 Å². The van der Waals surface area contributed by atoms with Crippen LogP contribution in [0.25, 0.3) is 0 Å². The fourth-order valence-corrected chi connectivity index (χ4v) is 2.31. The normalized spacial score (nSPS) is 18.8. The Morgan fingerprint density at radius 1 is 1.61 bits per heavy atom. The summed E-state index contributed by atoms with van der Waals surface area (Å²) in [5.74, 6) is 0.0646. The minimum atomic E-state index is 0.0646. The third-order valence-electron chi connectivity index (χ3n) is 3.42. The molecule has 0 bridgehead atoms. The second-order valence-corrected chi connectivity index (χ2v) is 4.88. The van der Waals surface area contributed by atoms with Crippen LogP contribution in [0.3, 0.4) is 0 Å². The Kier molecular flexibility index (Phi) is 4.70. The number of carbonyl (C=O) groups excluding carboxylic acids is 1. The zero-order chi connectivity index (χ0) is 12.8. The highest BCUT2D eigenvalue weighted by molar-refractivity contribution is 5.78. The molecule has 0 aromatic carbocycles. The van der Waals surface area contributed by atoms with Crippen molar-refractivity contribution in [3.8, 4) is 0 Å². The van der Waals surface area contributed by atoms with Gasteiger partial charge in [-0.2, -0.15) is 0 Å². The maximum atomic E-state index is 11.8. The van der Waals surface area contributed by atoms with Crippen molar-refractivity contribution < 1.29 is 4.79 Å². The van der Waals surface area contributed by atoms with Gasteiger partial charge in [0.1, 0.15) is 0 Å². The second kappa shape index (κ2) is 6.50. The van der Waals surface area contributed by atoms with Gasteiger partial charge in [-0.1, -0.05) is 6.07 Å². The minimum Gasteiger partial charge on any atom is -0.356 e. The van der Waals surface area contributed by atoms with Crippen LogP contribution in [-0.2, 0) is 11.2 Å². The van der Waals surface area contributed by atoms with Gasteiger partial charge in [0.2, 0.25) is 5.91 Å². The van der Waals surface area contributed by atoms with Gasteiger partial charge in [-0.15, -0.1) is 0 Å². The van der Waals surface area contributed by atoms with Gasteiger partial charge in [-0.25, -0.2) is 0 Å². The first-order valence-corrected chi connectivity index (χ1v) is 6.66. The van der Waals surface area contributed by atoms with Crippen LogP contribution in [0.15, 0.2) is 18.3 Å². The van der Waals surface area contributed by atoms with Crippen LogP contribution in [-0.4, -0.2) is 30.0 Å². The molecule has 0 radical (unpaired) electrons. The molecular formula is C14H21N3O. The molecule has 1 fully saturated rings. The van der Waals surface area contributed by atoms with E-state index in [1.54, 1.807) is 6.20 Å². The quantitative estimate of drug-likeness (QED) is 0.822. The van der Waals surface area contributed by atoms with E-state index in [1.165, 1.54) is 12.8 Å². The van der Waals surface area contributed by atoms with Gasteiger partial charge in [0.05, 0.1) is 12.1 Å². The van der Waals surface area contributed by atoms with Crippen LogP contribution < -0.4 is 10.6 Å². The van der Waals surface area contributed by atoms with Crippen molar-refractivity contribution in [3.63, 3.8) is 0 Å². The molecule has 4 heteroatoms. The lowest BCUT2D eigenvalue weighted by Gasteiger charge is -2.11. The van der Waals surface area contributed by atoms with E-state index in [1.807, 2.05) is 19.1 Å². The average molecular weight is 247 g/mol. The summed E-state index contributed by atoms with van der Waals surface area (Å²) in [6.07, 6.45) is 5.62. The first-order valence-electron chi connectivity index (χ1n) is 6.66. The Hall–Kier alpha value is -1.42. The fraction of sp³-hybridized carbons (Fsp3) is 0.571. The summed E-state index contributed by atoms with van der Waals surface area (Å²) in [5.41, 5.74) is 1.94. The summed E-state index contributed by atoms with van der Waals surface area (Å²) in [5, 5.41) is 6.39. The molecule has 18 heavy (non-hydrogen) atoms. The van der Waals surface area contributed by atoms with Crippen LogP contribution >= 0.6 is 0 Å². The van der Waals surface area contributed by atoms with Crippen molar-refractivity contribution >= 4 is 5.91 Å². The first-order chi connectivity index (χ1) is 8.75. The van der Waals surface area contributed by atoms with E-state index in [-0.39, 0.29) is 5.91 Å². The summed E-state index contributed by atoms with van der Waals surface area (Å²) in [7, 11) is 0. The Morgan fingerprint density at radius 3 is 3.22 bits per heavy atom. The number of pyridine rings is 1. The van der Waals surface area contributed by atoms with Crippen molar-refractivity contribution in [2.75, 3.05) is 13.1 Å². The summed E-state index contributed by atoms with van der Waals surface area (Å²) in [6.45, 7) is 3.85. The predicted octanol–water partition coefficient (Wildman–Crippen LogP) is 1.19. The van der Waals surface area contributed by atoms with E-state index in [2.05, 4.69) is 15.6 Å². The topological polar surface area (TPSA) is 54.0 Å². The fourth-order valence-electron chi connectivity index (χ4n) is 2.31. The van der Waals surface area contributed by atoms with Gasteiger partial charge in [-0.05, 0) is 44.4 Å². The Bertz CT molecular complexity index is 400. The van der Waals surface area contributed by atoms with Crippen LogP contribution in [0.5, 0.6) is 0 Å². The Labute approximate surface area is 108 Å². The Morgan fingerprint density at radius 2 is 2.50 bits per heavy atom. The summed E-state index contributed by atoms with van der Waals surface area (Å²) < 4.78 is 0. The number of nitrogens with zero attached hydrogens (tertiary/aromatic N) is 1. The van der Waals surface area contributed by atoms with Crippen molar-refractivity contribution in [3.05, 3.63) is 29.6 Å². The standard InChI is InChI=1S/C14H21N3O/c1-11-4-2-8-16-13(11)10-14(18)17-9-6-12-5-3-7-15-12/h2,4,8,12,15H,3,5-7,9-10H2,1H3,(H,17,18). The molecule has 1 amide bonds. The molecule has 98 valence electrons. The lowest BCUT2D eigenvalue weighted by Crippen LogP contribution is -2.31. The van der Waals surface area contributed by atoms with Crippen LogP contribution in [0.4, 0.5) is 0 Å². The minimum absolute atomic E-state index is 0.0646. The molecule has 0 saturated carbocycles. The lowest BCUT2D eigenvalue weighted by molar-refractivity contribution is -0.120. The third kappa shape index (κ3) is 3.81. The van der Waals surface area contributed by atoms with Gasteiger partial charge in [-0.3, -0.25) is 9.78 Å². The number of nitrogens with one attached hydrogen (secondary N) is 2. The van der Waals surface area contributed by atoms with E-state index in [0.29, 0.717) is 12.5 Å². The van der Waals surface area contributed by atoms with Gasteiger partial charge >= 0.3 is 0 Å². The SMILES string of the molecule is Cc1cccnc1CC(=O)NCCC1CCCN1. The van der Waals surface area contributed by atoms with Crippen molar-refractivity contribution in [2.24, 2.45) is 0 Å². The Balaban J connectivity index is 1.70. The molecule has 2 heterocycles. The third-order valence-corrected chi connectivity index (χ3v) is 3.42. The zero-order valence-corrected chi connectivity index (χ0v) is 10.9. The highest BCUT2D eigenvalue weighted by Crippen LogP contribution is 2.08. The highest BCUT2D eigenvalue weighted by atomic mass is 16.1. The average Bonchev–Trinajstić information content (AvgIpc) is 2.85. The smallest absolute Gasteiger partial charge is 0.226 e. The van der Waals surface area contributed by atoms with Gasteiger partial charge in [0.15, 0.2) is 0 Å². The molecular weight excluding hydrogens is 226 g/mol. The summed E-state index contributed by atoms with van der Waals surface area (Å²) >= 11 is 0. The predicted molar refractivity (Wildman–Crippen MR) is 71.3 cm³/mol. The molecule has 1 aliphatic heterocycles. The molecule has 1 aromatic rings. The molecule has 4 nitrogen and oxygen atoms in total. The number of aryl methyl sites for hydroxylation is 1. The number of hydrogen-bond acceptors (Lipinski definition) is 3. The molecule has 2 rings (SSSR count). The van der Waals surface area contributed by atoms with Crippen molar-refractivity contribution in [1.82, 2.24) is 15.6 Å². The van der Waals surface area contributed by atoms with Crippen LogP contribution in [0, 0.1) is 6.92 Å². The lowest BCUT2D eigenvalue weighted by atomic mass is 10.1. The van der Waals surface area contributed by atoms with E-state index in [0.717, 1.165) is 30.8 Å². The molecule has 0 spiro atoms. The van der Waals surface area contributed by atoms with E-state index >= 15 is 0 Å². The summed E-state index contributed by atoms with van der Waals surface area (Å²) in [6, 6.07) is 4.46. The van der Waals surface area contributed by atoms with Gasteiger partial charge in [0, 0.05) is 18.8 Å². The molecule has 0 aliphatic carbocycles. The number of hydrogen-bond donors (Lipinski definition) is 2. The van der Waals surface area contributed by atoms with Gasteiger partial charge < -0.3 is 10.6 Å². The largest absolute Gasteiger partial charge is 0.356 e. The molecule has 1 unspecified atom stereocenters. The molecule has 2 N–H and O–H groups in total.